The number of amides is 1. The molecule has 4 nitrogen and oxygen atoms in total. The van der Waals surface area contributed by atoms with E-state index in [9.17, 15) is 14.0 Å². The van der Waals surface area contributed by atoms with E-state index in [1.807, 2.05) is 13.8 Å². The van der Waals surface area contributed by atoms with E-state index in [-0.39, 0.29) is 21.9 Å². The predicted molar refractivity (Wildman–Crippen MR) is 81.7 cm³/mol. The molecule has 0 radical (unpaired) electrons. The Morgan fingerprint density at radius 2 is 2.00 bits per heavy atom. The summed E-state index contributed by atoms with van der Waals surface area (Å²) in [5, 5.41) is 11.3. The topological polar surface area (TPSA) is 66.4 Å². The van der Waals surface area contributed by atoms with Gasteiger partial charge in [-0.2, -0.15) is 0 Å². The van der Waals surface area contributed by atoms with Crippen LogP contribution in [-0.2, 0) is 4.79 Å². The fourth-order valence-corrected chi connectivity index (χ4v) is 2.23. The first kappa shape index (κ1) is 17.6. The molecule has 0 unspecified atom stereocenters. The first-order valence-electron chi connectivity index (χ1n) is 6.67. The Kier molecular flexibility index (Phi) is 6.33. The van der Waals surface area contributed by atoms with Crippen LogP contribution < -0.4 is 5.32 Å². The lowest BCUT2D eigenvalue weighted by Crippen LogP contribution is -2.29. The molecule has 0 spiro atoms. The number of hydrogen-bond acceptors (Lipinski definition) is 2. The van der Waals surface area contributed by atoms with Crippen molar-refractivity contribution < 1.29 is 19.1 Å². The maximum atomic E-state index is 13.7. The number of carboxylic acids is 1. The van der Waals surface area contributed by atoms with E-state index in [1.165, 1.54) is 12.1 Å². The van der Waals surface area contributed by atoms with Crippen molar-refractivity contribution in [3.8, 4) is 0 Å². The largest absolute Gasteiger partial charge is 0.481 e. The molecule has 1 amide bonds. The van der Waals surface area contributed by atoms with E-state index in [4.69, 9.17) is 5.11 Å². The van der Waals surface area contributed by atoms with Crippen molar-refractivity contribution in [3.63, 3.8) is 0 Å². The number of halogens is 2. The van der Waals surface area contributed by atoms with Gasteiger partial charge in [-0.1, -0.05) is 19.9 Å². The van der Waals surface area contributed by atoms with E-state index in [1.54, 1.807) is 6.07 Å². The van der Waals surface area contributed by atoms with Crippen LogP contribution in [0, 0.1) is 11.2 Å². The third kappa shape index (κ3) is 5.83. The summed E-state index contributed by atoms with van der Waals surface area (Å²) in [6, 6.07) is 4.55. The van der Waals surface area contributed by atoms with Crippen LogP contribution >= 0.6 is 15.9 Å². The highest BCUT2D eigenvalue weighted by atomic mass is 79.9. The normalized spacial score (nSPS) is 11.2. The summed E-state index contributed by atoms with van der Waals surface area (Å²) in [6.07, 6.45) is 1.26. The van der Waals surface area contributed by atoms with E-state index < -0.39 is 17.7 Å². The summed E-state index contributed by atoms with van der Waals surface area (Å²) < 4.78 is 14.0. The monoisotopic (exact) mass is 359 g/mol. The van der Waals surface area contributed by atoms with Gasteiger partial charge in [0.1, 0.15) is 5.82 Å². The second kappa shape index (κ2) is 7.54. The SMILES string of the molecule is CC(C)(CCNC(=O)c1cccc(Br)c1F)CCC(=O)O. The number of aliphatic carboxylic acids is 1. The molecule has 6 heteroatoms. The van der Waals surface area contributed by atoms with Gasteiger partial charge >= 0.3 is 5.97 Å². The summed E-state index contributed by atoms with van der Waals surface area (Å²) in [5.74, 6) is -1.88. The lowest BCUT2D eigenvalue weighted by Gasteiger charge is -2.23. The van der Waals surface area contributed by atoms with Gasteiger partial charge in [-0.15, -0.1) is 0 Å². The maximum Gasteiger partial charge on any atom is 0.303 e. The van der Waals surface area contributed by atoms with Crippen molar-refractivity contribution in [1.82, 2.24) is 5.32 Å². The second-order valence-electron chi connectivity index (χ2n) is 5.67. The fourth-order valence-electron chi connectivity index (χ4n) is 1.86. The molecule has 0 aromatic heterocycles. The maximum absolute atomic E-state index is 13.7. The van der Waals surface area contributed by atoms with Crippen LogP contribution in [-0.4, -0.2) is 23.5 Å². The highest BCUT2D eigenvalue weighted by Crippen LogP contribution is 2.26. The Labute approximate surface area is 131 Å². The van der Waals surface area contributed by atoms with E-state index in [0.717, 1.165) is 0 Å². The standard InChI is InChI=1S/C15H19BrFNO3/c1-15(2,7-6-12(19)20)8-9-18-14(21)10-4-3-5-11(16)13(10)17/h3-5H,6-9H2,1-2H3,(H,18,21)(H,19,20). The smallest absolute Gasteiger partial charge is 0.303 e. The number of hydrogen-bond donors (Lipinski definition) is 2. The second-order valence-corrected chi connectivity index (χ2v) is 6.52. The van der Waals surface area contributed by atoms with Crippen molar-refractivity contribution in [2.45, 2.75) is 33.1 Å². The zero-order chi connectivity index (χ0) is 16.0. The minimum Gasteiger partial charge on any atom is -0.481 e. The summed E-state index contributed by atoms with van der Waals surface area (Å²) in [6.45, 7) is 4.26. The fraction of sp³-hybridized carbons (Fsp3) is 0.467. The van der Waals surface area contributed by atoms with Gasteiger partial charge in [0.2, 0.25) is 0 Å². The van der Waals surface area contributed by atoms with Crippen molar-refractivity contribution in [2.24, 2.45) is 5.41 Å². The zero-order valence-electron chi connectivity index (χ0n) is 12.1. The number of rotatable bonds is 7. The van der Waals surface area contributed by atoms with Crippen LogP contribution in [0.1, 0.15) is 43.5 Å². The molecular weight excluding hydrogens is 341 g/mol. The van der Waals surface area contributed by atoms with Gasteiger partial charge in [0.25, 0.3) is 5.91 Å². The number of carbonyl (C=O) groups is 2. The van der Waals surface area contributed by atoms with Gasteiger partial charge in [-0.25, -0.2) is 4.39 Å². The zero-order valence-corrected chi connectivity index (χ0v) is 13.7. The quantitative estimate of drug-likeness (QED) is 0.781. The molecule has 2 N–H and O–H groups in total. The molecule has 0 bridgehead atoms. The van der Waals surface area contributed by atoms with Crippen LogP contribution in [0.4, 0.5) is 4.39 Å². The highest BCUT2D eigenvalue weighted by Gasteiger charge is 2.20. The van der Waals surface area contributed by atoms with Gasteiger partial charge in [0, 0.05) is 13.0 Å². The molecule has 1 aromatic carbocycles. The van der Waals surface area contributed by atoms with Crippen molar-refractivity contribution in [3.05, 3.63) is 34.1 Å². The predicted octanol–water partition coefficient (Wildman–Crippen LogP) is 3.60. The minimum absolute atomic E-state index is 0.00674. The molecule has 0 fully saturated rings. The Morgan fingerprint density at radius 3 is 2.62 bits per heavy atom. The lowest BCUT2D eigenvalue weighted by molar-refractivity contribution is -0.137. The van der Waals surface area contributed by atoms with Crippen LogP contribution in [0.15, 0.2) is 22.7 Å². The van der Waals surface area contributed by atoms with Crippen molar-refractivity contribution in [2.75, 3.05) is 6.54 Å². The molecule has 116 valence electrons. The summed E-state index contributed by atoms with van der Waals surface area (Å²) in [7, 11) is 0. The van der Waals surface area contributed by atoms with E-state index in [2.05, 4.69) is 21.2 Å². The Bertz CT molecular complexity index is 532. The Hall–Kier alpha value is -1.43. The summed E-state index contributed by atoms with van der Waals surface area (Å²) in [4.78, 5) is 22.5. The lowest BCUT2D eigenvalue weighted by atomic mass is 9.84. The molecule has 0 heterocycles. The van der Waals surface area contributed by atoms with Gasteiger partial charge in [0.05, 0.1) is 10.0 Å². The van der Waals surface area contributed by atoms with Gasteiger partial charge < -0.3 is 10.4 Å². The molecule has 1 rings (SSSR count). The minimum atomic E-state index is -0.830. The van der Waals surface area contributed by atoms with Gasteiger partial charge in [-0.05, 0) is 46.3 Å². The third-order valence-electron chi connectivity index (χ3n) is 3.30. The molecule has 1 aromatic rings. The number of carbonyl (C=O) groups excluding carboxylic acids is 1. The van der Waals surface area contributed by atoms with Crippen molar-refractivity contribution >= 4 is 27.8 Å². The van der Waals surface area contributed by atoms with Crippen LogP contribution in [0.3, 0.4) is 0 Å². The first-order chi connectivity index (χ1) is 9.73. The molecule has 0 aliphatic carbocycles. The molecule has 21 heavy (non-hydrogen) atoms. The van der Waals surface area contributed by atoms with Gasteiger partial charge in [-0.3, -0.25) is 9.59 Å². The Morgan fingerprint density at radius 1 is 1.33 bits per heavy atom. The average molecular weight is 360 g/mol. The Balaban J connectivity index is 2.50. The molecule has 0 saturated heterocycles. The first-order valence-corrected chi connectivity index (χ1v) is 7.46. The highest BCUT2D eigenvalue weighted by molar-refractivity contribution is 9.10. The van der Waals surface area contributed by atoms with Gasteiger partial charge in [0.15, 0.2) is 0 Å². The summed E-state index contributed by atoms with van der Waals surface area (Å²) >= 11 is 3.04. The molecule has 0 atom stereocenters. The number of benzene rings is 1. The van der Waals surface area contributed by atoms with Crippen LogP contribution in [0.2, 0.25) is 0 Å². The van der Waals surface area contributed by atoms with Crippen LogP contribution in [0.25, 0.3) is 0 Å². The molecule has 0 saturated carbocycles. The summed E-state index contributed by atoms with van der Waals surface area (Å²) in [5.41, 5.74) is -0.200. The van der Waals surface area contributed by atoms with Crippen molar-refractivity contribution in [1.29, 1.82) is 0 Å². The number of carboxylic acid groups (broad SMARTS) is 1. The molecule has 0 aliphatic heterocycles. The third-order valence-corrected chi connectivity index (χ3v) is 3.91. The van der Waals surface area contributed by atoms with Crippen LogP contribution in [0.5, 0.6) is 0 Å². The molecular formula is C15H19BrFNO3. The van der Waals surface area contributed by atoms with E-state index in [0.29, 0.717) is 19.4 Å². The number of nitrogens with one attached hydrogen (secondary N) is 1. The van der Waals surface area contributed by atoms with E-state index >= 15 is 0 Å². The molecule has 0 aliphatic rings. The average Bonchev–Trinajstić information content (AvgIpc) is 2.39.